The summed E-state index contributed by atoms with van der Waals surface area (Å²) in [6.07, 6.45) is 5.59. The van der Waals surface area contributed by atoms with E-state index in [1.54, 1.807) is 5.56 Å². The summed E-state index contributed by atoms with van der Waals surface area (Å²) in [6.45, 7) is 2.43. The molecule has 22 heavy (non-hydrogen) atoms. The van der Waals surface area contributed by atoms with E-state index in [4.69, 9.17) is 0 Å². The van der Waals surface area contributed by atoms with Crippen LogP contribution in [-0.2, 0) is 6.42 Å². The normalized spacial score (nSPS) is 35.0. The molecule has 5 rings (SSSR count). The Kier molecular flexibility index (Phi) is 2.89. The summed E-state index contributed by atoms with van der Waals surface area (Å²) >= 11 is 0. The molecule has 1 saturated heterocycles. The van der Waals surface area contributed by atoms with Crippen LogP contribution in [0.15, 0.2) is 24.3 Å². The van der Waals surface area contributed by atoms with Crippen molar-refractivity contribution in [1.82, 2.24) is 9.88 Å². The molecule has 3 nitrogen and oxygen atoms in total. The van der Waals surface area contributed by atoms with Gasteiger partial charge in [-0.3, -0.25) is 4.90 Å². The van der Waals surface area contributed by atoms with E-state index in [1.807, 2.05) is 0 Å². The SMILES string of the molecule is OC1CCC2CN3CCc4c([nH]c5ccccc45)C3CC2C1. The fourth-order valence-corrected chi connectivity index (χ4v) is 5.27. The van der Waals surface area contributed by atoms with Crippen LogP contribution >= 0.6 is 0 Å². The molecule has 2 aliphatic heterocycles. The first-order valence-corrected chi connectivity index (χ1v) is 8.81. The molecule has 1 aromatic carbocycles. The predicted octanol–water partition coefficient (Wildman–Crippen LogP) is 3.25. The molecule has 4 unspecified atom stereocenters. The highest BCUT2D eigenvalue weighted by Gasteiger charge is 2.42. The predicted molar refractivity (Wildman–Crippen MR) is 87.8 cm³/mol. The monoisotopic (exact) mass is 296 g/mol. The summed E-state index contributed by atoms with van der Waals surface area (Å²) in [5.41, 5.74) is 4.30. The number of hydrogen-bond donors (Lipinski definition) is 2. The first-order valence-electron chi connectivity index (χ1n) is 8.81. The molecule has 4 atom stereocenters. The smallest absolute Gasteiger partial charge is 0.0543 e. The Labute approximate surface area is 131 Å². The third-order valence-electron chi connectivity index (χ3n) is 6.38. The third kappa shape index (κ3) is 1.88. The Morgan fingerprint density at radius 1 is 1.09 bits per heavy atom. The van der Waals surface area contributed by atoms with Gasteiger partial charge in [0.2, 0.25) is 0 Å². The van der Waals surface area contributed by atoms with E-state index in [1.165, 1.54) is 48.9 Å². The molecule has 3 aliphatic rings. The van der Waals surface area contributed by atoms with Crippen LogP contribution in [0.5, 0.6) is 0 Å². The van der Waals surface area contributed by atoms with E-state index < -0.39 is 0 Å². The van der Waals surface area contributed by atoms with Crippen molar-refractivity contribution < 1.29 is 5.11 Å². The van der Waals surface area contributed by atoms with Crippen LogP contribution < -0.4 is 0 Å². The van der Waals surface area contributed by atoms with E-state index in [-0.39, 0.29) is 6.10 Å². The van der Waals surface area contributed by atoms with E-state index in [0.29, 0.717) is 12.0 Å². The van der Waals surface area contributed by atoms with Gasteiger partial charge in [0, 0.05) is 29.7 Å². The van der Waals surface area contributed by atoms with Crippen molar-refractivity contribution in [3.63, 3.8) is 0 Å². The molecule has 0 radical (unpaired) electrons. The number of fused-ring (bicyclic) bond motifs is 6. The fraction of sp³-hybridized carbons (Fsp3) is 0.579. The Hall–Kier alpha value is -1.32. The Morgan fingerprint density at radius 3 is 2.95 bits per heavy atom. The molecule has 3 heteroatoms. The van der Waals surface area contributed by atoms with Gasteiger partial charge in [0.25, 0.3) is 0 Å². The number of aliphatic hydroxyl groups is 1. The van der Waals surface area contributed by atoms with Crippen molar-refractivity contribution in [2.75, 3.05) is 13.1 Å². The Bertz CT molecular complexity index is 707. The molecule has 2 fully saturated rings. The highest BCUT2D eigenvalue weighted by molar-refractivity contribution is 5.85. The van der Waals surface area contributed by atoms with Crippen LogP contribution in [-0.4, -0.2) is 34.2 Å². The summed E-state index contributed by atoms with van der Waals surface area (Å²) in [5.74, 6) is 1.52. The number of nitrogens with one attached hydrogen (secondary N) is 1. The highest BCUT2D eigenvalue weighted by Crippen LogP contribution is 2.46. The van der Waals surface area contributed by atoms with Gasteiger partial charge in [0.15, 0.2) is 0 Å². The standard InChI is InChI=1S/C19H24N2O/c22-14-6-5-12-11-21-8-7-16-15-3-1-2-4-17(15)20-19(16)18(21)10-13(12)9-14/h1-4,12-14,18,20,22H,5-11H2. The number of para-hydroxylation sites is 1. The molecule has 1 saturated carbocycles. The van der Waals surface area contributed by atoms with Gasteiger partial charge in [0.05, 0.1) is 12.1 Å². The molecule has 1 aromatic heterocycles. The largest absolute Gasteiger partial charge is 0.393 e. The summed E-state index contributed by atoms with van der Waals surface area (Å²) in [6, 6.07) is 9.28. The van der Waals surface area contributed by atoms with Crippen LogP contribution in [0, 0.1) is 11.8 Å². The lowest BCUT2D eigenvalue weighted by molar-refractivity contribution is -0.0107. The van der Waals surface area contributed by atoms with Crippen molar-refractivity contribution in [2.24, 2.45) is 11.8 Å². The van der Waals surface area contributed by atoms with Crippen molar-refractivity contribution in [3.8, 4) is 0 Å². The van der Waals surface area contributed by atoms with Crippen molar-refractivity contribution >= 4 is 10.9 Å². The quantitative estimate of drug-likeness (QED) is 0.783. The minimum Gasteiger partial charge on any atom is -0.393 e. The minimum atomic E-state index is -0.0569. The molecule has 116 valence electrons. The van der Waals surface area contributed by atoms with Crippen LogP contribution in [0.25, 0.3) is 10.9 Å². The second-order valence-electron chi connectivity index (χ2n) is 7.55. The fourth-order valence-electron chi connectivity index (χ4n) is 5.27. The highest BCUT2D eigenvalue weighted by atomic mass is 16.3. The number of H-pyrrole nitrogens is 1. The van der Waals surface area contributed by atoms with Gasteiger partial charge in [-0.25, -0.2) is 0 Å². The molecular weight excluding hydrogens is 272 g/mol. The molecule has 1 aliphatic carbocycles. The Balaban J connectivity index is 1.53. The van der Waals surface area contributed by atoms with Gasteiger partial charge in [-0.1, -0.05) is 18.2 Å². The van der Waals surface area contributed by atoms with E-state index in [0.717, 1.165) is 18.8 Å². The zero-order chi connectivity index (χ0) is 14.7. The van der Waals surface area contributed by atoms with Crippen molar-refractivity contribution in [2.45, 2.75) is 44.2 Å². The van der Waals surface area contributed by atoms with Crippen molar-refractivity contribution in [1.29, 1.82) is 0 Å². The van der Waals surface area contributed by atoms with Gasteiger partial charge in [-0.15, -0.1) is 0 Å². The van der Waals surface area contributed by atoms with E-state index >= 15 is 0 Å². The molecule has 0 amide bonds. The molecular formula is C19H24N2O. The van der Waals surface area contributed by atoms with Crippen molar-refractivity contribution in [3.05, 3.63) is 35.5 Å². The number of rotatable bonds is 0. The number of nitrogens with zero attached hydrogens (tertiary/aromatic N) is 1. The number of aromatic nitrogens is 1. The minimum absolute atomic E-state index is 0.0569. The molecule has 2 N–H and O–H groups in total. The van der Waals surface area contributed by atoms with Gasteiger partial charge >= 0.3 is 0 Å². The van der Waals surface area contributed by atoms with Gasteiger partial charge in [0.1, 0.15) is 0 Å². The number of aliphatic hydroxyl groups excluding tert-OH is 1. The average molecular weight is 296 g/mol. The maximum absolute atomic E-state index is 10.0. The molecule has 0 spiro atoms. The number of benzene rings is 1. The summed E-state index contributed by atoms with van der Waals surface area (Å²) in [4.78, 5) is 6.42. The second-order valence-corrected chi connectivity index (χ2v) is 7.55. The van der Waals surface area contributed by atoms with Gasteiger partial charge in [-0.2, -0.15) is 0 Å². The lowest BCUT2D eigenvalue weighted by Crippen LogP contribution is -2.48. The number of piperidine rings is 1. The number of aromatic amines is 1. The van der Waals surface area contributed by atoms with Crippen LogP contribution in [0.3, 0.4) is 0 Å². The van der Waals surface area contributed by atoms with Gasteiger partial charge < -0.3 is 10.1 Å². The summed E-state index contributed by atoms with van der Waals surface area (Å²) in [5, 5.41) is 11.5. The van der Waals surface area contributed by atoms with E-state index in [2.05, 4.69) is 34.1 Å². The van der Waals surface area contributed by atoms with Gasteiger partial charge in [-0.05, 0) is 55.6 Å². The summed E-state index contributed by atoms with van der Waals surface area (Å²) in [7, 11) is 0. The molecule has 0 bridgehead atoms. The number of hydrogen-bond acceptors (Lipinski definition) is 2. The maximum Gasteiger partial charge on any atom is 0.0543 e. The first-order chi connectivity index (χ1) is 10.8. The lowest BCUT2D eigenvalue weighted by Gasteiger charge is -2.48. The van der Waals surface area contributed by atoms with Crippen LogP contribution in [0.1, 0.15) is 43.0 Å². The van der Waals surface area contributed by atoms with E-state index in [9.17, 15) is 5.11 Å². The summed E-state index contributed by atoms with van der Waals surface area (Å²) < 4.78 is 0. The van der Waals surface area contributed by atoms with Crippen LogP contribution in [0.2, 0.25) is 0 Å². The maximum atomic E-state index is 10.0. The third-order valence-corrected chi connectivity index (χ3v) is 6.38. The molecule has 3 heterocycles. The molecule has 2 aromatic rings. The lowest BCUT2D eigenvalue weighted by atomic mass is 9.70. The zero-order valence-corrected chi connectivity index (χ0v) is 13.0. The average Bonchev–Trinajstić information content (AvgIpc) is 2.92. The topological polar surface area (TPSA) is 39.3 Å². The Morgan fingerprint density at radius 2 is 2.00 bits per heavy atom. The second kappa shape index (κ2) is 4.84. The first kappa shape index (κ1) is 13.1. The van der Waals surface area contributed by atoms with Crippen LogP contribution in [0.4, 0.5) is 0 Å². The zero-order valence-electron chi connectivity index (χ0n) is 13.0.